The Morgan fingerprint density at radius 1 is 1.08 bits per heavy atom. The number of hydrogen-bond donors (Lipinski definition) is 1. The van der Waals surface area contributed by atoms with Gasteiger partial charge >= 0.3 is 5.63 Å². The third kappa shape index (κ3) is 3.71. The monoisotopic (exact) mass is 321 g/mol. The van der Waals surface area contributed by atoms with Crippen LogP contribution in [0.15, 0.2) is 69.9 Å². The van der Waals surface area contributed by atoms with E-state index in [0.717, 1.165) is 18.2 Å². The molecule has 0 aliphatic heterocycles. The first-order valence-electron chi connectivity index (χ1n) is 8.01. The minimum Gasteiger partial charge on any atom is -0.422 e. The number of amides is 1. The molecule has 122 valence electrons. The predicted octanol–water partition coefficient (Wildman–Crippen LogP) is 3.54. The largest absolute Gasteiger partial charge is 0.422 e. The predicted molar refractivity (Wildman–Crippen MR) is 94.2 cm³/mol. The fourth-order valence-corrected chi connectivity index (χ4v) is 2.62. The zero-order valence-corrected chi connectivity index (χ0v) is 13.5. The second-order valence-electron chi connectivity index (χ2n) is 5.88. The summed E-state index contributed by atoms with van der Waals surface area (Å²) in [4.78, 5) is 24.4. The van der Waals surface area contributed by atoms with Crippen molar-refractivity contribution in [3.63, 3.8) is 0 Å². The van der Waals surface area contributed by atoms with Crippen LogP contribution in [0.3, 0.4) is 0 Å². The van der Waals surface area contributed by atoms with Crippen molar-refractivity contribution in [3.8, 4) is 0 Å². The number of benzene rings is 2. The van der Waals surface area contributed by atoms with Crippen LogP contribution >= 0.6 is 0 Å². The van der Waals surface area contributed by atoms with Gasteiger partial charge < -0.3 is 9.73 Å². The molecule has 0 fully saturated rings. The van der Waals surface area contributed by atoms with Gasteiger partial charge in [0.2, 0.25) is 0 Å². The molecule has 1 amide bonds. The maximum Gasteiger partial charge on any atom is 0.349 e. The Kier molecular flexibility index (Phi) is 4.75. The van der Waals surface area contributed by atoms with E-state index in [9.17, 15) is 9.59 Å². The van der Waals surface area contributed by atoms with Crippen LogP contribution < -0.4 is 10.9 Å². The topological polar surface area (TPSA) is 59.3 Å². The summed E-state index contributed by atoms with van der Waals surface area (Å²) in [5.41, 5.74) is 1.14. The van der Waals surface area contributed by atoms with Crippen molar-refractivity contribution in [2.75, 3.05) is 0 Å². The molecule has 4 heteroatoms. The van der Waals surface area contributed by atoms with Gasteiger partial charge in [0.1, 0.15) is 11.1 Å². The molecular formula is C20H19NO3. The fourth-order valence-electron chi connectivity index (χ4n) is 2.62. The molecule has 1 heterocycles. The van der Waals surface area contributed by atoms with E-state index in [4.69, 9.17) is 4.42 Å². The molecule has 0 saturated heterocycles. The van der Waals surface area contributed by atoms with Gasteiger partial charge in [-0.1, -0.05) is 48.5 Å². The number of fused-ring (bicyclic) bond motifs is 1. The van der Waals surface area contributed by atoms with E-state index >= 15 is 0 Å². The van der Waals surface area contributed by atoms with Gasteiger partial charge in [0, 0.05) is 11.4 Å². The zero-order chi connectivity index (χ0) is 16.9. The van der Waals surface area contributed by atoms with Crippen molar-refractivity contribution >= 4 is 16.9 Å². The molecule has 3 rings (SSSR count). The summed E-state index contributed by atoms with van der Waals surface area (Å²) >= 11 is 0. The maximum absolute atomic E-state index is 12.4. The molecule has 1 aromatic heterocycles. The van der Waals surface area contributed by atoms with Crippen molar-refractivity contribution in [3.05, 3.63) is 82.2 Å². The molecule has 0 saturated carbocycles. The van der Waals surface area contributed by atoms with E-state index in [1.165, 1.54) is 5.56 Å². The molecule has 1 N–H and O–H groups in total. The lowest BCUT2D eigenvalue weighted by molar-refractivity contribution is 0.0935. The third-order valence-corrected chi connectivity index (χ3v) is 3.97. The normalized spacial score (nSPS) is 12.0. The van der Waals surface area contributed by atoms with Crippen LogP contribution in [0.1, 0.15) is 29.3 Å². The maximum atomic E-state index is 12.4. The average Bonchev–Trinajstić information content (AvgIpc) is 2.60. The molecule has 4 nitrogen and oxygen atoms in total. The van der Waals surface area contributed by atoms with Gasteiger partial charge in [-0.25, -0.2) is 4.79 Å². The molecular weight excluding hydrogens is 302 g/mol. The Morgan fingerprint density at radius 3 is 2.58 bits per heavy atom. The smallest absolute Gasteiger partial charge is 0.349 e. The molecule has 0 bridgehead atoms. The van der Waals surface area contributed by atoms with Crippen molar-refractivity contribution in [1.29, 1.82) is 0 Å². The molecule has 0 aliphatic rings. The minimum absolute atomic E-state index is 0.0384. The number of hydrogen-bond acceptors (Lipinski definition) is 3. The molecule has 24 heavy (non-hydrogen) atoms. The first-order valence-corrected chi connectivity index (χ1v) is 8.01. The van der Waals surface area contributed by atoms with Crippen LogP contribution in [-0.2, 0) is 6.42 Å². The highest BCUT2D eigenvalue weighted by Gasteiger charge is 2.15. The number of para-hydroxylation sites is 1. The van der Waals surface area contributed by atoms with Crippen LogP contribution in [0, 0.1) is 0 Å². The summed E-state index contributed by atoms with van der Waals surface area (Å²) < 4.78 is 5.21. The van der Waals surface area contributed by atoms with Gasteiger partial charge in [-0.05, 0) is 37.5 Å². The van der Waals surface area contributed by atoms with Crippen molar-refractivity contribution in [2.45, 2.75) is 25.8 Å². The summed E-state index contributed by atoms with van der Waals surface area (Å²) in [6, 6.07) is 18.8. The Morgan fingerprint density at radius 2 is 1.79 bits per heavy atom. The number of aryl methyl sites for hydroxylation is 1. The summed E-state index contributed by atoms with van der Waals surface area (Å²) in [5, 5.41) is 3.61. The van der Waals surface area contributed by atoms with Crippen LogP contribution in [0.5, 0.6) is 0 Å². The standard InChI is InChI=1S/C20H19NO3/c1-14(11-12-15-7-3-2-4-8-15)21-19(22)17-13-16-9-5-6-10-18(16)24-20(17)23/h2-10,13-14H,11-12H2,1H3,(H,21,22)/t14-/m0/s1. The number of nitrogens with one attached hydrogen (secondary N) is 1. The molecule has 0 spiro atoms. The van der Waals surface area contributed by atoms with Gasteiger partial charge in [-0.15, -0.1) is 0 Å². The lowest BCUT2D eigenvalue weighted by Gasteiger charge is -2.13. The average molecular weight is 321 g/mol. The van der Waals surface area contributed by atoms with Gasteiger partial charge in [0.25, 0.3) is 5.91 Å². The lowest BCUT2D eigenvalue weighted by Crippen LogP contribution is -2.35. The van der Waals surface area contributed by atoms with E-state index in [0.29, 0.717) is 5.58 Å². The number of carbonyl (C=O) groups is 1. The van der Waals surface area contributed by atoms with E-state index in [2.05, 4.69) is 17.4 Å². The van der Waals surface area contributed by atoms with Crippen LogP contribution in [0.25, 0.3) is 11.0 Å². The Hall–Kier alpha value is -2.88. The van der Waals surface area contributed by atoms with Gasteiger partial charge in [0.05, 0.1) is 0 Å². The first-order chi connectivity index (χ1) is 11.6. The van der Waals surface area contributed by atoms with Crippen molar-refractivity contribution < 1.29 is 9.21 Å². The lowest BCUT2D eigenvalue weighted by atomic mass is 10.1. The van der Waals surface area contributed by atoms with Crippen molar-refractivity contribution in [2.24, 2.45) is 0 Å². The Bertz CT molecular complexity index is 899. The minimum atomic E-state index is -0.610. The van der Waals surface area contributed by atoms with E-state index < -0.39 is 11.5 Å². The van der Waals surface area contributed by atoms with Gasteiger partial charge in [-0.2, -0.15) is 0 Å². The molecule has 0 radical (unpaired) electrons. The quantitative estimate of drug-likeness (QED) is 0.731. The molecule has 2 aromatic carbocycles. The zero-order valence-electron chi connectivity index (χ0n) is 13.5. The molecule has 1 atom stereocenters. The van der Waals surface area contributed by atoms with Gasteiger partial charge in [-0.3, -0.25) is 4.79 Å². The first kappa shape index (κ1) is 16.0. The Labute approximate surface area is 140 Å². The molecule has 3 aromatic rings. The summed E-state index contributed by atoms with van der Waals surface area (Å²) in [7, 11) is 0. The highest BCUT2D eigenvalue weighted by Crippen LogP contribution is 2.13. The number of carbonyl (C=O) groups excluding carboxylic acids is 1. The SMILES string of the molecule is C[C@@H](CCc1ccccc1)NC(=O)c1cc2ccccc2oc1=O. The summed E-state index contributed by atoms with van der Waals surface area (Å²) in [6.07, 6.45) is 1.67. The Balaban J connectivity index is 1.68. The molecule has 0 aliphatic carbocycles. The van der Waals surface area contributed by atoms with Crippen molar-refractivity contribution in [1.82, 2.24) is 5.32 Å². The number of rotatable bonds is 5. The van der Waals surface area contributed by atoms with Gasteiger partial charge in [0.15, 0.2) is 0 Å². The van der Waals surface area contributed by atoms with E-state index in [-0.39, 0.29) is 11.6 Å². The van der Waals surface area contributed by atoms with E-state index in [1.54, 1.807) is 18.2 Å². The second-order valence-corrected chi connectivity index (χ2v) is 5.88. The molecule has 0 unspecified atom stereocenters. The van der Waals surface area contributed by atoms with Crippen LogP contribution in [0.4, 0.5) is 0 Å². The van der Waals surface area contributed by atoms with Crippen LogP contribution in [0.2, 0.25) is 0 Å². The highest BCUT2D eigenvalue weighted by molar-refractivity contribution is 5.96. The highest BCUT2D eigenvalue weighted by atomic mass is 16.4. The van der Waals surface area contributed by atoms with E-state index in [1.807, 2.05) is 37.3 Å². The second kappa shape index (κ2) is 7.13. The summed E-state index contributed by atoms with van der Waals surface area (Å²) in [5.74, 6) is -0.393. The fraction of sp³-hybridized carbons (Fsp3) is 0.200. The summed E-state index contributed by atoms with van der Waals surface area (Å²) in [6.45, 7) is 1.93. The van der Waals surface area contributed by atoms with Crippen LogP contribution in [-0.4, -0.2) is 11.9 Å². The third-order valence-electron chi connectivity index (χ3n) is 3.97.